The molecule has 5 rings (SSSR count). The number of amides is 2. The Kier molecular flexibility index (Phi) is 4.67. The molecule has 1 aliphatic rings. The molecular formula is C23H15ClF2N4O2. The van der Waals surface area contributed by atoms with Gasteiger partial charge in [0.15, 0.2) is 0 Å². The molecule has 2 amide bonds. The van der Waals surface area contributed by atoms with E-state index in [0.29, 0.717) is 33.3 Å². The Morgan fingerprint density at radius 2 is 1.97 bits per heavy atom. The molecular weight excluding hydrogens is 438 g/mol. The molecule has 0 saturated carbocycles. The van der Waals surface area contributed by atoms with Crippen LogP contribution in [0.2, 0.25) is 5.02 Å². The monoisotopic (exact) mass is 452 g/mol. The highest BCUT2D eigenvalue weighted by molar-refractivity contribution is 6.31. The highest BCUT2D eigenvalue weighted by Crippen LogP contribution is 2.39. The van der Waals surface area contributed by atoms with E-state index in [2.05, 4.69) is 15.7 Å². The van der Waals surface area contributed by atoms with Crippen LogP contribution in [-0.4, -0.2) is 21.6 Å². The van der Waals surface area contributed by atoms with Gasteiger partial charge in [0.05, 0.1) is 23.3 Å². The summed E-state index contributed by atoms with van der Waals surface area (Å²) in [4.78, 5) is 25.7. The van der Waals surface area contributed by atoms with Crippen molar-refractivity contribution in [2.45, 2.75) is 6.04 Å². The number of carbonyl (C=O) groups excluding carboxylic acids is 2. The fourth-order valence-electron chi connectivity index (χ4n) is 4.02. The van der Waals surface area contributed by atoms with Crippen molar-refractivity contribution in [3.05, 3.63) is 93.6 Å². The summed E-state index contributed by atoms with van der Waals surface area (Å²) in [7, 11) is 1.65. The Bertz CT molecular complexity index is 1430. The molecule has 6 nitrogen and oxygen atoms in total. The minimum absolute atomic E-state index is 0.100. The molecule has 0 saturated heterocycles. The lowest BCUT2D eigenvalue weighted by Crippen LogP contribution is -2.21. The average Bonchev–Trinajstić information content (AvgIpc) is 3.30. The fourth-order valence-corrected chi connectivity index (χ4v) is 4.25. The first-order chi connectivity index (χ1) is 15.3. The van der Waals surface area contributed by atoms with Crippen LogP contribution in [0.3, 0.4) is 0 Å². The van der Waals surface area contributed by atoms with Gasteiger partial charge in [-0.15, -0.1) is 0 Å². The Balaban J connectivity index is 1.59. The number of carbonyl (C=O) groups is 2. The van der Waals surface area contributed by atoms with Gasteiger partial charge in [0.25, 0.3) is 11.8 Å². The third-order valence-corrected chi connectivity index (χ3v) is 5.85. The molecule has 0 radical (unpaired) electrons. The summed E-state index contributed by atoms with van der Waals surface area (Å²) in [6.07, 6.45) is 1.49. The van der Waals surface area contributed by atoms with Crippen LogP contribution in [0.1, 0.15) is 37.9 Å². The zero-order valence-electron chi connectivity index (χ0n) is 16.6. The van der Waals surface area contributed by atoms with Gasteiger partial charge in [0, 0.05) is 39.8 Å². The van der Waals surface area contributed by atoms with Gasteiger partial charge >= 0.3 is 0 Å². The highest BCUT2D eigenvalue weighted by Gasteiger charge is 2.34. The lowest BCUT2D eigenvalue weighted by atomic mass is 9.96. The topological polar surface area (TPSA) is 76.0 Å². The largest absolute Gasteiger partial charge is 0.341 e. The van der Waals surface area contributed by atoms with Gasteiger partial charge in [-0.1, -0.05) is 17.7 Å². The summed E-state index contributed by atoms with van der Waals surface area (Å²) in [5.74, 6) is -2.03. The predicted molar refractivity (Wildman–Crippen MR) is 116 cm³/mol. The van der Waals surface area contributed by atoms with E-state index in [1.807, 2.05) is 0 Å². The van der Waals surface area contributed by atoms with Crippen molar-refractivity contribution in [1.82, 2.24) is 15.1 Å². The third kappa shape index (κ3) is 3.20. The van der Waals surface area contributed by atoms with Gasteiger partial charge in [0.1, 0.15) is 11.6 Å². The van der Waals surface area contributed by atoms with Crippen molar-refractivity contribution in [3.63, 3.8) is 0 Å². The Hall–Kier alpha value is -3.78. The van der Waals surface area contributed by atoms with Gasteiger partial charge in [-0.25, -0.2) is 8.78 Å². The molecule has 0 bridgehead atoms. The summed E-state index contributed by atoms with van der Waals surface area (Å²) >= 11 is 6.27. The molecule has 0 spiro atoms. The average molecular weight is 453 g/mol. The van der Waals surface area contributed by atoms with Gasteiger partial charge in [0.2, 0.25) is 0 Å². The van der Waals surface area contributed by atoms with Crippen molar-refractivity contribution < 1.29 is 18.4 Å². The molecule has 2 heterocycles. The highest BCUT2D eigenvalue weighted by atomic mass is 35.5. The lowest BCUT2D eigenvalue weighted by Gasteiger charge is -2.18. The quantitative estimate of drug-likeness (QED) is 0.477. The van der Waals surface area contributed by atoms with Gasteiger partial charge in [-0.2, -0.15) is 5.10 Å². The fraction of sp³-hybridized carbons (Fsp3) is 0.0870. The molecule has 1 atom stereocenters. The number of aromatic nitrogens is 2. The molecule has 1 aliphatic heterocycles. The second kappa shape index (κ2) is 7.42. The van der Waals surface area contributed by atoms with Crippen LogP contribution in [0, 0.1) is 11.6 Å². The van der Waals surface area contributed by atoms with E-state index in [0.717, 1.165) is 6.07 Å². The molecule has 160 valence electrons. The lowest BCUT2D eigenvalue weighted by molar-refractivity contribution is 0.0959. The Labute approximate surface area is 185 Å². The van der Waals surface area contributed by atoms with Crippen LogP contribution in [0.4, 0.5) is 14.5 Å². The molecule has 0 fully saturated rings. The summed E-state index contributed by atoms with van der Waals surface area (Å²) in [5, 5.41) is 10.4. The van der Waals surface area contributed by atoms with Gasteiger partial charge in [-0.05, 0) is 42.5 Å². The number of aryl methyl sites for hydroxylation is 1. The first kappa shape index (κ1) is 20.1. The molecule has 1 aromatic heterocycles. The first-order valence-electron chi connectivity index (χ1n) is 9.65. The Morgan fingerprint density at radius 3 is 2.78 bits per heavy atom. The van der Waals surface area contributed by atoms with E-state index in [1.54, 1.807) is 25.2 Å². The number of fused-ring (bicyclic) bond motifs is 2. The normalized spacial score (nSPS) is 15.0. The minimum atomic E-state index is -0.761. The van der Waals surface area contributed by atoms with E-state index < -0.39 is 23.6 Å². The summed E-state index contributed by atoms with van der Waals surface area (Å²) < 4.78 is 29.5. The second-order valence-electron chi connectivity index (χ2n) is 7.45. The zero-order valence-corrected chi connectivity index (χ0v) is 17.4. The molecule has 9 heteroatoms. The van der Waals surface area contributed by atoms with Crippen LogP contribution in [0.15, 0.2) is 54.7 Å². The number of nitrogens with zero attached hydrogens (tertiary/aromatic N) is 2. The van der Waals surface area contributed by atoms with Crippen molar-refractivity contribution in [2.75, 3.05) is 5.32 Å². The van der Waals surface area contributed by atoms with E-state index in [9.17, 15) is 18.4 Å². The maximum atomic E-state index is 14.2. The smallest absolute Gasteiger partial charge is 0.256 e. The zero-order chi connectivity index (χ0) is 22.6. The molecule has 32 heavy (non-hydrogen) atoms. The molecule has 3 aromatic carbocycles. The maximum Gasteiger partial charge on any atom is 0.256 e. The summed E-state index contributed by atoms with van der Waals surface area (Å²) in [6, 6.07) is 10.4. The SMILES string of the molecule is Cn1ncc2c(C(=O)Nc3cccc4c3C(c3cc(F)ccc3Cl)NC4=O)cc(F)cc21. The summed E-state index contributed by atoms with van der Waals surface area (Å²) in [5.41, 5.74) is 2.05. The van der Waals surface area contributed by atoms with Gasteiger partial charge in [-0.3, -0.25) is 14.3 Å². The van der Waals surface area contributed by atoms with E-state index >= 15 is 0 Å². The standard InChI is InChI=1S/C23H15ClF2N4O2/c1-30-19-9-12(26)8-14(16(19)10-27-30)23(32)28-18-4-2-3-13-20(18)21(29-22(13)31)15-7-11(25)5-6-17(15)24/h2-10,21H,1H3,(H,28,32)(H,29,31). The number of nitrogens with one attached hydrogen (secondary N) is 2. The van der Waals surface area contributed by atoms with Gasteiger partial charge < -0.3 is 10.6 Å². The maximum absolute atomic E-state index is 14.2. The van der Waals surface area contributed by atoms with Crippen LogP contribution < -0.4 is 10.6 Å². The summed E-state index contributed by atoms with van der Waals surface area (Å²) in [6.45, 7) is 0. The van der Waals surface area contributed by atoms with Crippen LogP contribution in [0.25, 0.3) is 10.9 Å². The molecule has 0 aliphatic carbocycles. The third-order valence-electron chi connectivity index (χ3n) is 5.51. The molecule has 4 aromatic rings. The van der Waals surface area contributed by atoms with Crippen LogP contribution in [-0.2, 0) is 7.05 Å². The molecule has 1 unspecified atom stereocenters. The van der Waals surface area contributed by atoms with E-state index in [-0.39, 0.29) is 16.5 Å². The predicted octanol–water partition coefficient (Wildman–Crippen LogP) is 4.59. The van der Waals surface area contributed by atoms with Crippen LogP contribution in [0.5, 0.6) is 0 Å². The number of anilines is 1. The van der Waals surface area contributed by atoms with E-state index in [1.165, 1.54) is 35.1 Å². The number of rotatable bonds is 3. The van der Waals surface area contributed by atoms with Crippen molar-refractivity contribution in [2.24, 2.45) is 7.05 Å². The number of hydrogen-bond donors (Lipinski definition) is 2. The van der Waals surface area contributed by atoms with Crippen molar-refractivity contribution in [1.29, 1.82) is 0 Å². The molecule has 2 N–H and O–H groups in total. The number of benzene rings is 3. The van der Waals surface area contributed by atoms with Crippen molar-refractivity contribution in [3.8, 4) is 0 Å². The number of hydrogen-bond acceptors (Lipinski definition) is 3. The Morgan fingerprint density at radius 1 is 1.16 bits per heavy atom. The number of halogens is 3. The minimum Gasteiger partial charge on any atom is -0.341 e. The van der Waals surface area contributed by atoms with E-state index in [4.69, 9.17) is 11.6 Å². The van der Waals surface area contributed by atoms with Crippen molar-refractivity contribution >= 4 is 40.0 Å². The van der Waals surface area contributed by atoms with Crippen LogP contribution >= 0.6 is 11.6 Å². The first-order valence-corrected chi connectivity index (χ1v) is 10.0. The second-order valence-corrected chi connectivity index (χ2v) is 7.85.